The van der Waals surface area contributed by atoms with Gasteiger partial charge in [0, 0.05) is 18.2 Å². The van der Waals surface area contributed by atoms with E-state index in [9.17, 15) is 13.2 Å². The average Bonchev–Trinajstić information content (AvgIpc) is 3.09. The normalized spacial score (nSPS) is 17.6. The summed E-state index contributed by atoms with van der Waals surface area (Å²) < 4.78 is 25.3. The van der Waals surface area contributed by atoms with E-state index in [4.69, 9.17) is 0 Å². The Morgan fingerprint density at radius 1 is 1.08 bits per heavy atom. The smallest absolute Gasteiger partial charge is 0.254 e. The highest BCUT2D eigenvalue weighted by Gasteiger charge is 2.33. The lowest BCUT2D eigenvalue weighted by Gasteiger charge is -2.25. The number of sulfone groups is 1. The summed E-state index contributed by atoms with van der Waals surface area (Å²) in [6.45, 7) is 2.69. The lowest BCUT2D eigenvalue weighted by molar-refractivity contribution is 0.0749. The number of aryl methyl sites for hydroxylation is 1. The van der Waals surface area contributed by atoms with Crippen molar-refractivity contribution in [3.05, 3.63) is 65.7 Å². The molecule has 0 radical (unpaired) electrons. The Labute approximate surface area is 149 Å². The molecular weight excluding hydrogens is 334 g/mol. The van der Waals surface area contributed by atoms with Crippen LogP contribution in [0.15, 0.2) is 59.5 Å². The topological polar surface area (TPSA) is 54.5 Å². The minimum Gasteiger partial charge on any atom is -0.335 e. The predicted octanol–water partition coefficient (Wildman–Crippen LogP) is 3.33. The maximum atomic E-state index is 12.8. The fourth-order valence-corrected chi connectivity index (χ4v) is 4.92. The summed E-state index contributed by atoms with van der Waals surface area (Å²) in [4.78, 5) is 14.9. The Hall–Kier alpha value is -2.14. The number of hydrogen-bond acceptors (Lipinski definition) is 3. The van der Waals surface area contributed by atoms with Crippen molar-refractivity contribution in [2.75, 3.05) is 12.3 Å². The van der Waals surface area contributed by atoms with Gasteiger partial charge in [0.2, 0.25) is 0 Å². The fourth-order valence-electron chi connectivity index (χ4n) is 3.30. The molecule has 1 unspecified atom stereocenters. The van der Waals surface area contributed by atoms with E-state index < -0.39 is 9.84 Å². The maximum Gasteiger partial charge on any atom is 0.254 e. The number of carbonyl (C=O) groups is 1. The molecule has 25 heavy (non-hydrogen) atoms. The monoisotopic (exact) mass is 357 g/mol. The molecule has 2 aromatic carbocycles. The van der Waals surface area contributed by atoms with Gasteiger partial charge >= 0.3 is 0 Å². The molecule has 1 atom stereocenters. The molecule has 1 heterocycles. The minimum atomic E-state index is -3.40. The van der Waals surface area contributed by atoms with E-state index in [1.165, 1.54) is 5.56 Å². The van der Waals surface area contributed by atoms with E-state index in [2.05, 4.69) is 6.92 Å². The lowest BCUT2D eigenvalue weighted by atomic mass is 10.1. The lowest BCUT2D eigenvalue weighted by Crippen LogP contribution is -2.39. The van der Waals surface area contributed by atoms with Gasteiger partial charge in [-0.1, -0.05) is 37.3 Å². The van der Waals surface area contributed by atoms with Gasteiger partial charge in [-0.15, -0.1) is 0 Å². The third-order valence-electron chi connectivity index (χ3n) is 4.76. The fraction of sp³-hybridized carbons (Fsp3) is 0.350. The first-order valence-electron chi connectivity index (χ1n) is 8.69. The van der Waals surface area contributed by atoms with Crippen LogP contribution in [0.2, 0.25) is 0 Å². The SMILES string of the molecule is CCc1ccc(C(=O)N2CCCC2CS(=O)(=O)c2ccccc2)cc1. The van der Waals surface area contributed by atoms with E-state index in [1.54, 1.807) is 35.2 Å². The summed E-state index contributed by atoms with van der Waals surface area (Å²) in [7, 11) is -3.40. The summed E-state index contributed by atoms with van der Waals surface area (Å²) in [5, 5.41) is 0. The number of nitrogens with zero attached hydrogens (tertiary/aromatic N) is 1. The molecule has 1 aliphatic rings. The summed E-state index contributed by atoms with van der Waals surface area (Å²) >= 11 is 0. The molecule has 1 fully saturated rings. The molecular formula is C20H23NO3S. The average molecular weight is 357 g/mol. The number of carbonyl (C=O) groups excluding carboxylic acids is 1. The van der Waals surface area contributed by atoms with Crippen LogP contribution in [0, 0.1) is 0 Å². The van der Waals surface area contributed by atoms with Crippen LogP contribution in [0.5, 0.6) is 0 Å². The Morgan fingerprint density at radius 2 is 1.76 bits per heavy atom. The van der Waals surface area contributed by atoms with Gasteiger partial charge in [-0.25, -0.2) is 8.42 Å². The number of benzene rings is 2. The molecule has 5 heteroatoms. The van der Waals surface area contributed by atoms with Crippen molar-refractivity contribution in [2.45, 2.75) is 37.1 Å². The number of rotatable bonds is 5. The largest absolute Gasteiger partial charge is 0.335 e. The second-order valence-corrected chi connectivity index (χ2v) is 8.47. The van der Waals surface area contributed by atoms with Gasteiger partial charge in [-0.2, -0.15) is 0 Å². The molecule has 0 bridgehead atoms. The molecule has 1 saturated heterocycles. The van der Waals surface area contributed by atoms with E-state index >= 15 is 0 Å². The predicted molar refractivity (Wildman–Crippen MR) is 98.4 cm³/mol. The molecule has 1 aliphatic heterocycles. The second-order valence-electron chi connectivity index (χ2n) is 6.44. The van der Waals surface area contributed by atoms with Crippen LogP contribution in [-0.4, -0.2) is 37.6 Å². The van der Waals surface area contributed by atoms with Crippen LogP contribution in [-0.2, 0) is 16.3 Å². The highest BCUT2D eigenvalue weighted by molar-refractivity contribution is 7.91. The number of hydrogen-bond donors (Lipinski definition) is 0. The van der Waals surface area contributed by atoms with Crippen molar-refractivity contribution >= 4 is 15.7 Å². The standard InChI is InChI=1S/C20H23NO3S/c1-2-16-10-12-17(13-11-16)20(22)21-14-6-7-18(21)15-25(23,24)19-8-4-3-5-9-19/h3-5,8-13,18H,2,6-7,14-15H2,1H3. The van der Waals surface area contributed by atoms with Crippen LogP contribution >= 0.6 is 0 Å². The van der Waals surface area contributed by atoms with Crippen LogP contribution in [0.3, 0.4) is 0 Å². The van der Waals surface area contributed by atoms with Gasteiger partial charge in [0.25, 0.3) is 5.91 Å². The molecule has 132 valence electrons. The van der Waals surface area contributed by atoms with Crippen molar-refractivity contribution in [1.29, 1.82) is 0 Å². The molecule has 0 aromatic heterocycles. The van der Waals surface area contributed by atoms with Crippen molar-refractivity contribution in [3.8, 4) is 0 Å². The summed E-state index contributed by atoms with van der Waals surface area (Å²) in [5.41, 5.74) is 1.81. The first-order chi connectivity index (χ1) is 12.0. The van der Waals surface area contributed by atoms with E-state index in [-0.39, 0.29) is 17.7 Å². The van der Waals surface area contributed by atoms with E-state index in [0.29, 0.717) is 17.0 Å². The number of likely N-dealkylation sites (tertiary alicyclic amines) is 1. The third-order valence-corrected chi connectivity index (χ3v) is 6.58. The first kappa shape index (κ1) is 17.7. The highest BCUT2D eigenvalue weighted by Crippen LogP contribution is 2.24. The molecule has 0 N–H and O–H groups in total. The zero-order valence-electron chi connectivity index (χ0n) is 14.4. The number of amides is 1. The zero-order valence-corrected chi connectivity index (χ0v) is 15.2. The molecule has 0 saturated carbocycles. The van der Waals surface area contributed by atoms with Crippen molar-refractivity contribution in [3.63, 3.8) is 0 Å². The quantitative estimate of drug-likeness (QED) is 0.825. The van der Waals surface area contributed by atoms with Gasteiger partial charge < -0.3 is 4.90 Å². The van der Waals surface area contributed by atoms with Gasteiger partial charge in [0.15, 0.2) is 9.84 Å². The maximum absolute atomic E-state index is 12.8. The van der Waals surface area contributed by atoms with Crippen LogP contribution < -0.4 is 0 Å². The molecule has 4 nitrogen and oxygen atoms in total. The van der Waals surface area contributed by atoms with Gasteiger partial charge in [-0.3, -0.25) is 4.79 Å². The molecule has 0 aliphatic carbocycles. The Bertz CT molecular complexity index is 829. The van der Waals surface area contributed by atoms with Crippen LogP contribution in [0.1, 0.15) is 35.7 Å². The second kappa shape index (κ2) is 7.40. The minimum absolute atomic E-state index is 0.0181. The summed E-state index contributed by atoms with van der Waals surface area (Å²) in [6.07, 6.45) is 2.49. The van der Waals surface area contributed by atoms with Crippen molar-refractivity contribution in [2.24, 2.45) is 0 Å². The highest BCUT2D eigenvalue weighted by atomic mass is 32.2. The molecule has 2 aromatic rings. The van der Waals surface area contributed by atoms with Gasteiger partial charge in [-0.05, 0) is 49.1 Å². The first-order valence-corrected chi connectivity index (χ1v) is 10.3. The molecule has 0 spiro atoms. The van der Waals surface area contributed by atoms with Crippen molar-refractivity contribution < 1.29 is 13.2 Å². The molecule has 3 rings (SSSR count). The Kier molecular flexibility index (Phi) is 5.23. The summed E-state index contributed by atoms with van der Waals surface area (Å²) in [5.74, 6) is -0.0936. The van der Waals surface area contributed by atoms with E-state index in [0.717, 1.165) is 19.3 Å². The van der Waals surface area contributed by atoms with E-state index in [1.807, 2.05) is 24.3 Å². The van der Waals surface area contributed by atoms with Crippen LogP contribution in [0.25, 0.3) is 0 Å². The van der Waals surface area contributed by atoms with Crippen molar-refractivity contribution in [1.82, 2.24) is 4.90 Å². The third kappa shape index (κ3) is 3.93. The summed E-state index contributed by atoms with van der Waals surface area (Å²) in [6, 6.07) is 15.8. The van der Waals surface area contributed by atoms with Crippen LogP contribution in [0.4, 0.5) is 0 Å². The Balaban J connectivity index is 1.77. The van der Waals surface area contributed by atoms with Gasteiger partial charge in [0.1, 0.15) is 0 Å². The Morgan fingerprint density at radius 3 is 2.40 bits per heavy atom. The molecule has 1 amide bonds. The zero-order chi connectivity index (χ0) is 17.9. The van der Waals surface area contributed by atoms with Gasteiger partial charge in [0.05, 0.1) is 10.6 Å².